The van der Waals surface area contributed by atoms with Crippen LogP contribution in [-0.4, -0.2) is 14.2 Å². The van der Waals surface area contributed by atoms with Crippen LogP contribution in [0.5, 0.6) is 0 Å². The number of hydrogen-bond donors (Lipinski definition) is 2. The number of nitrogens with one attached hydrogen (secondary N) is 1. The molecule has 0 aliphatic carbocycles. The first-order valence-electron chi connectivity index (χ1n) is 5.00. The fourth-order valence-corrected chi connectivity index (χ4v) is 2.19. The largest absolute Gasteiger partial charge is 0.382 e. The summed E-state index contributed by atoms with van der Waals surface area (Å²) in [7, 11) is 1.88. The highest BCUT2D eigenvalue weighted by molar-refractivity contribution is 7.10. The Bertz CT molecular complexity index is 576. The number of rotatable bonds is 3. The highest BCUT2D eigenvalue weighted by atomic mass is 32.1. The van der Waals surface area contributed by atoms with Gasteiger partial charge in [-0.3, -0.25) is 4.68 Å². The van der Waals surface area contributed by atoms with Crippen LogP contribution in [-0.2, 0) is 13.6 Å². The van der Waals surface area contributed by atoms with Crippen molar-refractivity contribution in [2.75, 3.05) is 11.1 Å². The van der Waals surface area contributed by atoms with Crippen LogP contribution in [0.2, 0.25) is 0 Å². The summed E-state index contributed by atoms with van der Waals surface area (Å²) in [6.45, 7) is 2.55. The first kappa shape index (κ1) is 11.4. The highest BCUT2D eigenvalue weighted by Crippen LogP contribution is 2.26. The molecule has 2 aromatic rings. The maximum absolute atomic E-state index is 8.92. The molecule has 0 atom stereocenters. The Labute approximate surface area is 103 Å². The van der Waals surface area contributed by atoms with Crippen LogP contribution in [0.3, 0.4) is 0 Å². The van der Waals surface area contributed by atoms with E-state index in [4.69, 9.17) is 11.0 Å². The lowest BCUT2D eigenvalue weighted by Crippen LogP contribution is -2.00. The second-order valence-corrected chi connectivity index (χ2v) is 4.42. The molecule has 6 nitrogen and oxygen atoms in total. The van der Waals surface area contributed by atoms with Crippen LogP contribution in [0.15, 0.2) is 6.20 Å². The molecule has 2 rings (SSSR count). The molecular formula is C10H12N6S. The van der Waals surface area contributed by atoms with Crippen molar-refractivity contribution < 1.29 is 0 Å². The van der Waals surface area contributed by atoms with Crippen LogP contribution in [0.25, 0.3) is 0 Å². The van der Waals surface area contributed by atoms with E-state index >= 15 is 0 Å². The predicted molar refractivity (Wildman–Crippen MR) is 66.5 cm³/mol. The number of nitrogen functional groups attached to an aromatic ring is 1. The number of nitrogens with two attached hydrogens (primary N) is 1. The van der Waals surface area contributed by atoms with Gasteiger partial charge in [0.15, 0.2) is 5.82 Å². The van der Waals surface area contributed by atoms with Crippen molar-refractivity contribution in [1.29, 1.82) is 5.26 Å². The maximum atomic E-state index is 8.92. The lowest BCUT2D eigenvalue weighted by Gasteiger charge is -2.01. The molecule has 0 aliphatic rings. The average molecular weight is 248 g/mol. The van der Waals surface area contributed by atoms with E-state index in [1.165, 1.54) is 11.5 Å². The lowest BCUT2D eigenvalue weighted by atomic mass is 10.2. The van der Waals surface area contributed by atoms with E-state index in [1.54, 1.807) is 4.68 Å². The second-order valence-electron chi connectivity index (χ2n) is 3.65. The van der Waals surface area contributed by atoms with Gasteiger partial charge in [-0.25, -0.2) is 0 Å². The van der Waals surface area contributed by atoms with Crippen molar-refractivity contribution in [3.63, 3.8) is 0 Å². The van der Waals surface area contributed by atoms with E-state index in [9.17, 15) is 0 Å². The van der Waals surface area contributed by atoms with Crippen molar-refractivity contribution in [1.82, 2.24) is 14.2 Å². The summed E-state index contributed by atoms with van der Waals surface area (Å²) in [5.74, 6) is 0.280. The molecular weight excluding hydrogens is 236 g/mol. The van der Waals surface area contributed by atoms with Crippen molar-refractivity contribution in [2.45, 2.75) is 13.5 Å². The number of aryl methyl sites for hydroxylation is 2. The fourth-order valence-electron chi connectivity index (χ4n) is 1.53. The molecule has 2 aromatic heterocycles. The van der Waals surface area contributed by atoms with E-state index < -0.39 is 0 Å². The Hall–Kier alpha value is -2.07. The Balaban J connectivity index is 2.13. The minimum Gasteiger partial charge on any atom is -0.382 e. The lowest BCUT2D eigenvalue weighted by molar-refractivity contribution is 0.756. The zero-order chi connectivity index (χ0) is 12.4. The van der Waals surface area contributed by atoms with Crippen molar-refractivity contribution in [3.05, 3.63) is 23.0 Å². The third-order valence-corrected chi connectivity index (χ3v) is 3.20. The molecule has 0 bridgehead atoms. The van der Waals surface area contributed by atoms with E-state index in [1.807, 2.05) is 26.2 Å². The van der Waals surface area contributed by atoms with Crippen LogP contribution in [0, 0.1) is 18.3 Å². The van der Waals surface area contributed by atoms with E-state index in [0.29, 0.717) is 17.1 Å². The van der Waals surface area contributed by atoms with E-state index in [2.05, 4.69) is 14.8 Å². The van der Waals surface area contributed by atoms with E-state index in [-0.39, 0.29) is 5.82 Å². The molecule has 17 heavy (non-hydrogen) atoms. The van der Waals surface area contributed by atoms with Gasteiger partial charge in [0.2, 0.25) is 0 Å². The number of anilines is 2. The highest BCUT2D eigenvalue weighted by Gasteiger charge is 2.11. The Morgan fingerprint density at radius 2 is 2.41 bits per heavy atom. The third-order valence-electron chi connectivity index (χ3n) is 2.38. The molecule has 3 N–H and O–H groups in total. The van der Waals surface area contributed by atoms with E-state index in [0.717, 1.165) is 11.3 Å². The molecule has 0 unspecified atom stereocenters. The molecule has 0 amide bonds. The summed E-state index contributed by atoms with van der Waals surface area (Å²) in [6, 6.07) is 2.04. The minimum absolute atomic E-state index is 0.280. The number of nitriles is 1. The van der Waals surface area contributed by atoms with Gasteiger partial charge in [-0.2, -0.15) is 14.7 Å². The van der Waals surface area contributed by atoms with Gasteiger partial charge in [-0.05, 0) is 18.5 Å². The zero-order valence-corrected chi connectivity index (χ0v) is 10.4. The predicted octanol–water partition coefficient (Wildman–Crippen LogP) is 1.25. The number of nitrogens with zero attached hydrogens (tertiary/aromatic N) is 4. The quantitative estimate of drug-likeness (QED) is 0.852. The Kier molecular flexibility index (Phi) is 2.97. The van der Waals surface area contributed by atoms with Crippen LogP contribution in [0.1, 0.15) is 16.8 Å². The van der Waals surface area contributed by atoms with Crippen LogP contribution in [0.4, 0.5) is 10.8 Å². The monoisotopic (exact) mass is 248 g/mol. The molecule has 0 saturated carbocycles. The van der Waals surface area contributed by atoms with Crippen molar-refractivity contribution in [3.8, 4) is 6.07 Å². The van der Waals surface area contributed by atoms with Gasteiger partial charge < -0.3 is 11.1 Å². The molecule has 0 saturated heterocycles. The second kappa shape index (κ2) is 4.43. The smallest absolute Gasteiger partial charge is 0.157 e. The van der Waals surface area contributed by atoms with Gasteiger partial charge in [0, 0.05) is 25.4 Å². The van der Waals surface area contributed by atoms with Gasteiger partial charge in [0.1, 0.15) is 16.6 Å². The summed E-state index contributed by atoms with van der Waals surface area (Å²) >= 11 is 1.20. The standard InChI is InChI=1S/C10H12N6S/c1-6-7(5-16(2)14-6)4-13-10-8(3-11)9(12)15-17-10/h5,13H,4H2,1-2H3,(H2,12,15). The molecule has 0 spiro atoms. The topological polar surface area (TPSA) is 92.6 Å². The summed E-state index contributed by atoms with van der Waals surface area (Å²) in [6.07, 6.45) is 1.94. The molecule has 0 radical (unpaired) electrons. The fraction of sp³-hybridized carbons (Fsp3) is 0.300. The van der Waals surface area contributed by atoms with Crippen molar-refractivity contribution in [2.24, 2.45) is 7.05 Å². The summed E-state index contributed by atoms with van der Waals surface area (Å²) in [5.41, 5.74) is 8.04. The number of hydrogen-bond acceptors (Lipinski definition) is 6. The first-order chi connectivity index (χ1) is 8.11. The molecule has 2 heterocycles. The molecule has 0 aliphatic heterocycles. The molecule has 88 valence electrons. The maximum Gasteiger partial charge on any atom is 0.157 e. The summed E-state index contributed by atoms with van der Waals surface area (Å²) < 4.78 is 5.70. The summed E-state index contributed by atoms with van der Waals surface area (Å²) in [5, 5.41) is 17.0. The average Bonchev–Trinajstić information content (AvgIpc) is 2.79. The Morgan fingerprint density at radius 1 is 1.65 bits per heavy atom. The van der Waals surface area contributed by atoms with Gasteiger partial charge in [0.05, 0.1) is 5.69 Å². The minimum atomic E-state index is 0.280. The molecule has 0 aromatic carbocycles. The Morgan fingerprint density at radius 3 is 3.00 bits per heavy atom. The zero-order valence-electron chi connectivity index (χ0n) is 9.56. The van der Waals surface area contributed by atoms with Gasteiger partial charge in [0.25, 0.3) is 0 Å². The SMILES string of the molecule is Cc1nn(C)cc1CNc1snc(N)c1C#N. The molecule has 0 fully saturated rings. The number of aromatic nitrogens is 3. The molecule has 7 heteroatoms. The van der Waals surface area contributed by atoms with Crippen LogP contribution >= 0.6 is 11.5 Å². The summed E-state index contributed by atoms with van der Waals surface area (Å²) in [4.78, 5) is 0. The van der Waals surface area contributed by atoms with Gasteiger partial charge >= 0.3 is 0 Å². The van der Waals surface area contributed by atoms with Gasteiger partial charge in [-0.15, -0.1) is 0 Å². The normalized spacial score (nSPS) is 10.2. The van der Waals surface area contributed by atoms with Crippen LogP contribution < -0.4 is 11.1 Å². The van der Waals surface area contributed by atoms with Gasteiger partial charge in [-0.1, -0.05) is 0 Å². The first-order valence-corrected chi connectivity index (χ1v) is 5.77. The van der Waals surface area contributed by atoms with Crippen molar-refractivity contribution >= 4 is 22.4 Å². The third kappa shape index (κ3) is 2.21.